The molecule has 25 heavy (non-hydrogen) atoms. The van der Waals surface area contributed by atoms with E-state index in [9.17, 15) is 4.79 Å². The fraction of sp³-hybridized carbons (Fsp3) is 0.118. The van der Waals surface area contributed by atoms with Gasteiger partial charge in [0.2, 0.25) is 11.8 Å². The van der Waals surface area contributed by atoms with Crippen LogP contribution in [0.5, 0.6) is 11.8 Å². The number of ether oxygens (including phenoxy) is 2. The van der Waals surface area contributed by atoms with Crippen molar-refractivity contribution in [2.24, 2.45) is 0 Å². The lowest BCUT2D eigenvalue weighted by Crippen LogP contribution is -2.13. The first-order chi connectivity index (χ1) is 12.1. The number of aromatic nitrogens is 4. The summed E-state index contributed by atoms with van der Waals surface area (Å²) in [4.78, 5) is 21.3. The van der Waals surface area contributed by atoms with Gasteiger partial charge in [0.05, 0.1) is 30.8 Å². The van der Waals surface area contributed by atoms with E-state index in [1.54, 1.807) is 30.3 Å². The van der Waals surface area contributed by atoms with E-state index in [1.807, 2.05) is 0 Å². The fourth-order valence-corrected chi connectivity index (χ4v) is 2.86. The maximum Gasteiger partial charge on any atom is 0.280 e. The van der Waals surface area contributed by atoms with Crippen molar-refractivity contribution >= 4 is 33.4 Å². The van der Waals surface area contributed by atoms with E-state index in [2.05, 4.69) is 15.1 Å². The van der Waals surface area contributed by atoms with Gasteiger partial charge in [-0.1, -0.05) is 11.6 Å². The number of rotatable bonds is 3. The van der Waals surface area contributed by atoms with E-state index in [0.717, 1.165) is 0 Å². The first kappa shape index (κ1) is 15.5. The molecule has 1 aromatic carbocycles. The highest BCUT2D eigenvalue weighted by Gasteiger charge is 2.16. The Bertz CT molecular complexity index is 1150. The molecule has 0 aliphatic rings. The molecule has 0 saturated carbocycles. The molecule has 0 radical (unpaired) electrons. The van der Waals surface area contributed by atoms with E-state index >= 15 is 0 Å². The van der Waals surface area contributed by atoms with Crippen LogP contribution in [0.2, 0.25) is 5.02 Å². The summed E-state index contributed by atoms with van der Waals surface area (Å²) in [6, 6.07) is 8.69. The number of pyridine rings is 2. The summed E-state index contributed by atoms with van der Waals surface area (Å²) in [6.45, 7) is 0. The fourth-order valence-electron chi connectivity index (χ4n) is 2.73. The van der Waals surface area contributed by atoms with Gasteiger partial charge >= 0.3 is 0 Å². The average molecular weight is 357 g/mol. The van der Waals surface area contributed by atoms with Crippen molar-refractivity contribution < 1.29 is 9.47 Å². The second-order valence-corrected chi connectivity index (χ2v) is 5.78. The number of halogens is 1. The molecule has 0 spiro atoms. The molecule has 126 valence electrons. The third-order valence-electron chi connectivity index (χ3n) is 3.94. The highest BCUT2D eigenvalue weighted by molar-refractivity contribution is 6.30. The van der Waals surface area contributed by atoms with Crippen LogP contribution in [0.3, 0.4) is 0 Å². The summed E-state index contributed by atoms with van der Waals surface area (Å²) >= 11 is 5.92. The van der Waals surface area contributed by atoms with Crippen LogP contribution in [-0.2, 0) is 0 Å². The smallest absolute Gasteiger partial charge is 0.280 e. The minimum atomic E-state index is -0.207. The van der Waals surface area contributed by atoms with E-state index < -0.39 is 0 Å². The third kappa shape index (κ3) is 2.40. The van der Waals surface area contributed by atoms with Gasteiger partial charge in [0.25, 0.3) is 5.56 Å². The van der Waals surface area contributed by atoms with Crippen LogP contribution in [0.4, 0.5) is 0 Å². The Balaban J connectivity index is 2.06. The normalized spacial score (nSPS) is 11.2. The number of nitrogens with zero attached hydrogens (tertiary/aromatic N) is 3. The predicted molar refractivity (Wildman–Crippen MR) is 95.1 cm³/mol. The molecule has 0 atom stereocenters. The van der Waals surface area contributed by atoms with Gasteiger partial charge in [-0.3, -0.25) is 9.89 Å². The lowest BCUT2D eigenvalue weighted by atomic mass is 10.2. The van der Waals surface area contributed by atoms with Gasteiger partial charge in [-0.2, -0.15) is 4.98 Å². The van der Waals surface area contributed by atoms with Gasteiger partial charge in [0.15, 0.2) is 0 Å². The summed E-state index contributed by atoms with van der Waals surface area (Å²) in [6.07, 6.45) is 1.51. The Morgan fingerprint density at radius 1 is 1.12 bits per heavy atom. The van der Waals surface area contributed by atoms with Crippen LogP contribution in [0.15, 0.2) is 41.3 Å². The lowest BCUT2D eigenvalue weighted by Gasteiger charge is -2.07. The number of nitrogens with one attached hydrogen (secondary N) is 1. The molecule has 3 heterocycles. The van der Waals surface area contributed by atoms with Crippen LogP contribution < -0.4 is 15.0 Å². The molecule has 4 aromatic rings. The van der Waals surface area contributed by atoms with Crippen molar-refractivity contribution in [3.8, 4) is 17.4 Å². The van der Waals surface area contributed by atoms with Crippen LogP contribution in [0, 0.1) is 0 Å². The van der Waals surface area contributed by atoms with E-state index in [0.29, 0.717) is 44.3 Å². The molecule has 0 unspecified atom stereocenters. The lowest BCUT2D eigenvalue weighted by molar-refractivity contribution is 0.368. The summed E-state index contributed by atoms with van der Waals surface area (Å²) in [5.74, 6) is 0.704. The van der Waals surface area contributed by atoms with Gasteiger partial charge in [-0.05, 0) is 24.3 Å². The van der Waals surface area contributed by atoms with Crippen LogP contribution >= 0.6 is 11.6 Å². The zero-order valence-electron chi connectivity index (χ0n) is 13.4. The van der Waals surface area contributed by atoms with Crippen molar-refractivity contribution in [3.05, 3.63) is 51.9 Å². The van der Waals surface area contributed by atoms with E-state index in [4.69, 9.17) is 21.1 Å². The number of benzene rings is 1. The third-order valence-corrected chi connectivity index (χ3v) is 4.20. The molecule has 0 saturated heterocycles. The van der Waals surface area contributed by atoms with Gasteiger partial charge in [0, 0.05) is 22.7 Å². The minimum absolute atomic E-state index is 0.207. The van der Waals surface area contributed by atoms with Crippen LogP contribution in [-0.4, -0.2) is 34.0 Å². The number of fused-ring (bicyclic) bond motifs is 3. The minimum Gasteiger partial charge on any atom is -0.481 e. The summed E-state index contributed by atoms with van der Waals surface area (Å²) in [5.41, 5.74) is 1.64. The van der Waals surface area contributed by atoms with Crippen LogP contribution in [0.1, 0.15) is 0 Å². The molecule has 0 aliphatic carbocycles. The standard InChI is InChI=1S/C17H13ClN4O3/c1-24-13-7-11-14-12(8-19-15(11)16(20-13)25-2)17(23)22(21-14)10-5-3-9(18)4-6-10/h3-8,21H,1-2H3. The SMILES string of the molecule is COc1cc2c(ncc3c(=O)n(-c4ccc(Cl)cc4)[nH]c32)c(OC)n1. The molecule has 0 fully saturated rings. The highest BCUT2D eigenvalue weighted by Crippen LogP contribution is 2.30. The quantitative estimate of drug-likeness (QED) is 0.610. The Morgan fingerprint density at radius 3 is 2.56 bits per heavy atom. The Labute approximate surface area is 146 Å². The average Bonchev–Trinajstić information content (AvgIpc) is 2.98. The van der Waals surface area contributed by atoms with Crippen molar-refractivity contribution in [1.29, 1.82) is 0 Å². The Kier molecular flexibility index (Phi) is 3.58. The van der Waals surface area contributed by atoms with Crippen molar-refractivity contribution in [3.63, 3.8) is 0 Å². The largest absolute Gasteiger partial charge is 0.481 e. The zero-order valence-corrected chi connectivity index (χ0v) is 14.2. The maximum absolute atomic E-state index is 12.7. The molecular weight excluding hydrogens is 344 g/mol. The molecule has 0 bridgehead atoms. The number of aromatic amines is 1. The first-order valence-corrected chi connectivity index (χ1v) is 7.78. The van der Waals surface area contributed by atoms with Gasteiger partial charge in [0.1, 0.15) is 5.52 Å². The van der Waals surface area contributed by atoms with Gasteiger partial charge < -0.3 is 9.47 Å². The predicted octanol–water partition coefficient (Wildman–Crippen LogP) is 2.93. The Hall–Kier alpha value is -3.06. The first-order valence-electron chi connectivity index (χ1n) is 7.41. The highest BCUT2D eigenvalue weighted by atomic mass is 35.5. The van der Waals surface area contributed by atoms with Gasteiger partial charge in [-0.15, -0.1) is 0 Å². The molecule has 4 rings (SSSR count). The van der Waals surface area contributed by atoms with Gasteiger partial charge in [-0.25, -0.2) is 9.67 Å². The topological polar surface area (TPSA) is 82.0 Å². The maximum atomic E-state index is 12.7. The number of H-pyrrole nitrogens is 1. The summed E-state index contributed by atoms with van der Waals surface area (Å²) in [7, 11) is 3.03. The summed E-state index contributed by atoms with van der Waals surface area (Å²) < 4.78 is 11.9. The molecule has 1 N–H and O–H groups in total. The molecule has 3 aromatic heterocycles. The van der Waals surface area contributed by atoms with E-state index in [-0.39, 0.29) is 5.56 Å². The Morgan fingerprint density at radius 2 is 1.88 bits per heavy atom. The molecule has 0 aliphatic heterocycles. The van der Waals surface area contributed by atoms with Crippen molar-refractivity contribution in [2.75, 3.05) is 14.2 Å². The second kappa shape index (κ2) is 5.78. The molecule has 8 heteroatoms. The second-order valence-electron chi connectivity index (χ2n) is 5.35. The van der Waals surface area contributed by atoms with Crippen LogP contribution in [0.25, 0.3) is 27.5 Å². The van der Waals surface area contributed by atoms with Crippen molar-refractivity contribution in [2.45, 2.75) is 0 Å². The number of methoxy groups -OCH3 is 2. The zero-order chi connectivity index (χ0) is 17.6. The van der Waals surface area contributed by atoms with E-state index in [1.165, 1.54) is 25.1 Å². The molecule has 7 nitrogen and oxygen atoms in total. The number of hydrogen-bond acceptors (Lipinski definition) is 5. The molecular formula is C17H13ClN4O3. The molecule has 0 amide bonds. The number of hydrogen-bond donors (Lipinski definition) is 1. The van der Waals surface area contributed by atoms with Crippen molar-refractivity contribution in [1.82, 2.24) is 19.7 Å². The summed E-state index contributed by atoms with van der Waals surface area (Å²) in [5, 5.41) is 4.87. The monoisotopic (exact) mass is 356 g/mol.